The maximum atomic E-state index is 12.9. The maximum Gasteiger partial charge on any atom is 0.274 e. The lowest BCUT2D eigenvalue weighted by molar-refractivity contribution is 0.0667. The minimum Gasteiger partial charge on any atom is -0.373 e. The van der Waals surface area contributed by atoms with E-state index in [2.05, 4.69) is 21.6 Å². The molecule has 2 aliphatic heterocycles. The van der Waals surface area contributed by atoms with Crippen LogP contribution in [0.4, 0.5) is 0 Å². The molecular weight excluding hydrogens is 306 g/mol. The largest absolute Gasteiger partial charge is 0.373 e. The van der Waals surface area contributed by atoms with Crippen LogP contribution < -0.4 is 0 Å². The van der Waals surface area contributed by atoms with Gasteiger partial charge >= 0.3 is 0 Å². The third kappa shape index (κ3) is 2.73. The molecule has 24 heavy (non-hydrogen) atoms. The van der Waals surface area contributed by atoms with Crippen molar-refractivity contribution in [1.29, 1.82) is 0 Å². The molecule has 0 saturated carbocycles. The van der Waals surface area contributed by atoms with Crippen LogP contribution in [0.5, 0.6) is 0 Å². The van der Waals surface area contributed by atoms with Gasteiger partial charge in [0.2, 0.25) is 0 Å². The average molecular weight is 329 g/mol. The Kier molecular flexibility index (Phi) is 4.10. The molecule has 1 fully saturated rings. The standard InChI is InChI=1S/C17H23N5O2/c1-2-16-18-5-7-21(16)13-4-3-6-20(11-13)17(23)15-10-14-12-24-9-8-22(14)19-15/h5,7,10,13H,2-4,6,8-9,11-12H2,1H3. The number of carbonyl (C=O) groups is 1. The molecule has 0 radical (unpaired) electrons. The van der Waals surface area contributed by atoms with Crippen LogP contribution in [-0.2, 0) is 24.3 Å². The predicted molar refractivity (Wildman–Crippen MR) is 87.7 cm³/mol. The number of amides is 1. The molecule has 0 bridgehead atoms. The zero-order valence-corrected chi connectivity index (χ0v) is 14.0. The highest BCUT2D eigenvalue weighted by Gasteiger charge is 2.28. The van der Waals surface area contributed by atoms with E-state index in [0.29, 0.717) is 24.9 Å². The summed E-state index contributed by atoms with van der Waals surface area (Å²) in [5.74, 6) is 1.11. The number of aryl methyl sites for hydroxylation is 1. The molecule has 2 aromatic heterocycles. The Bertz CT molecular complexity index is 712. The van der Waals surface area contributed by atoms with Gasteiger partial charge in [0, 0.05) is 31.9 Å². The van der Waals surface area contributed by atoms with Crippen LogP contribution in [0.3, 0.4) is 0 Å². The molecule has 7 heteroatoms. The molecule has 1 amide bonds. The maximum absolute atomic E-state index is 12.9. The Balaban J connectivity index is 1.51. The topological polar surface area (TPSA) is 65.2 Å². The monoisotopic (exact) mass is 329 g/mol. The Morgan fingerprint density at radius 3 is 3.17 bits per heavy atom. The highest BCUT2D eigenvalue weighted by molar-refractivity contribution is 5.92. The van der Waals surface area contributed by atoms with E-state index < -0.39 is 0 Å². The van der Waals surface area contributed by atoms with Crippen LogP contribution >= 0.6 is 0 Å². The summed E-state index contributed by atoms with van der Waals surface area (Å²) in [6, 6.07) is 2.18. The van der Waals surface area contributed by atoms with Crippen molar-refractivity contribution in [2.45, 2.75) is 45.4 Å². The van der Waals surface area contributed by atoms with Gasteiger partial charge in [-0.15, -0.1) is 0 Å². The number of aromatic nitrogens is 4. The van der Waals surface area contributed by atoms with Gasteiger partial charge in [0.15, 0.2) is 5.69 Å². The van der Waals surface area contributed by atoms with Crippen LogP contribution in [0.25, 0.3) is 0 Å². The van der Waals surface area contributed by atoms with Crippen molar-refractivity contribution in [3.05, 3.63) is 35.7 Å². The summed E-state index contributed by atoms with van der Waals surface area (Å²) in [7, 11) is 0. The molecule has 4 rings (SSSR count). The first-order chi connectivity index (χ1) is 11.8. The first-order valence-electron chi connectivity index (χ1n) is 8.71. The van der Waals surface area contributed by atoms with Crippen LogP contribution in [0.1, 0.15) is 47.8 Å². The van der Waals surface area contributed by atoms with Gasteiger partial charge in [0.1, 0.15) is 5.82 Å². The van der Waals surface area contributed by atoms with Gasteiger partial charge in [-0.25, -0.2) is 4.98 Å². The normalized spacial score (nSPS) is 20.9. The summed E-state index contributed by atoms with van der Waals surface area (Å²) in [6.45, 7) is 5.56. The summed E-state index contributed by atoms with van der Waals surface area (Å²) in [6.07, 6.45) is 6.88. The van der Waals surface area contributed by atoms with E-state index in [1.165, 1.54) is 0 Å². The molecule has 2 aliphatic rings. The minimum atomic E-state index is 0.0276. The number of carbonyl (C=O) groups excluding carboxylic acids is 1. The van der Waals surface area contributed by atoms with Crippen LogP contribution in [0.2, 0.25) is 0 Å². The molecule has 1 unspecified atom stereocenters. The third-order valence-corrected chi connectivity index (χ3v) is 4.92. The van der Waals surface area contributed by atoms with Crippen molar-refractivity contribution in [2.75, 3.05) is 19.7 Å². The summed E-state index contributed by atoms with van der Waals surface area (Å²) in [5, 5.41) is 4.47. The lowest BCUT2D eigenvalue weighted by Gasteiger charge is -2.33. The van der Waals surface area contributed by atoms with Gasteiger partial charge in [-0.05, 0) is 18.9 Å². The molecule has 2 aromatic rings. The molecule has 0 aromatic carbocycles. The fourth-order valence-electron chi connectivity index (χ4n) is 3.68. The van der Waals surface area contributed by atoms with Gasteiger partial charge in [0.25, 0.3) is 5.91 Å². The minimum absolute atomic E-state index is 0.0276. The number of nitrogens with zero attached hydrogens (tertiary/aromatic N) is 5. The fraction of sp³-hybridized carbons (Fsp3) is 0.588. The zero-order valence-electron chi connectivity index (χ0n) is 14.0. The molecule has 4 heterocycles. The zero-order chi connectivity index (χ0) is 16.5. The van der Waals surface area contributed by atoms with Gasteiger partial charge in [-0.2, -0.15) is 5.10 Å². The van der Waals surface area contributed by atoms with Crippen LogP contribution in [0.15, 0.2) is 18.5 Å². The lowest BCUT2D eigenvalue weighted by Crippen LogP contribution is -2.41. The number of hydrogen-bond donors (Lipinski definition) is 0. The van der Waals surface area contributed by atoms with Crippen molar-refractivity contribution in [3.63, 3.8) is 0 Å². The Hall–Kier alpha value is -2.15. The highest BCUT2D eigenvalue weighted by atomic mass is 16.5. The number of ether oxygens (including phenoxy) is 1. The van der Waals surface area contributed by atoms with E-state index in [1.807, 2.05) is 28.0 Å². The fourth-order valence-corrected chi connectivity index (χ4v) is 3.68. The number of fused-ring (bicyclic) bond motifs is 1. The molecule has 0 aliphatic carbocycles. The second-order valence-electron chi connectivity index (χ2n) is 6.45. The first kappa shape index (κ1) is 15.4. The number of hydrogen-bond acceptors (Lipinski definition) is 4. The van der Waals surface area contributed by atoms with Crippen molar-refractivity contribution in [2.24, 2.45) is 0 Å². The highest BCUT2D eigenvalue weighted by Crippen LogP contribution is 2.24. The lowest BCUT2D eigenvalue weighted by atomic mass is 10.0. The Morgan fingerprint density at radius 2 is 2.33 bits per heavy atom. The van der Waals surface area contributed by atoms with Gasteiger partial charge in [-0.3, -0.25) is 9.48 Å². The van der Waals surface area contributed by atoms with E-state index in [1.54, 1.807) is 0 Å². The van der Waals surface area contributed by atoms with E-state index >= 15 is 0 Å². The summed E-state index contributed by atoms with van der Waals surface area (Å²) in [5.41, 5.74) is 1.53. The second kappa shape index (κ2) is 6.39. The molecule has 1 atom stereocenters. The summed E-state index contributed by atoms with van der Waals surface area (Å²) in [4.78, 5) is 19.2. The average Bonchev–Trinajstić information content (AvgIpc) is 3.27. The molecule has 0 N–H and O–H groups in total. The molecular formula is C17H23N5O2. The second-order valence-corrected chi connectivity index (χ2v) is 6.45. The number of imidazole rings is 1. The Morgan fingerprint density at radius 1 is 1.42 bits per heavy atom. The van der Waals surface area contributed by atoms with Crippen molar-refractivity contribution >= 4 is 5.91 Å². The van der Waals surface area contributed by atoms with Crippen molar-refractivity contribution in [3.8, 4) is 0 Å². The number of likely N-dealkylation sites (tertiary alicyclic amines) is 1. The van der Waals surface area contributed by atoms with Crippen LogP contribution in [-0.4, -0.2) is 49.8 Å². The van der Waals surface area contributed by atoms with E-state index in [9.17, 15) is 4.79 Å². The quantitative estimate of drug-likeness (QED) is 0.859. The van der Waals surface area contributed by atoms with Gasteiger partial charge in [-0.1, -0.05) is 6.92 Å². The molecule has 7 nitrogen and oxygen atoms in total. The molecule has 1 saturated heterocycles. The molecule has 128 valence electrons. The third-order valence-electron chi connectivity index (χ3n) is 4.92. The first-order valence-corrected chi connectivity index (χ1v) is 8.71. The van der Waals surface area contributed by atoms with Crippen molar-refractivity contribution < 1.29 is 9.53 Å². The van der Waals surface area contributed by atoms with Gasteiger partial charge < -0.3 is 14.2 Å². The van der Waals surface area contributed by atoms with Gasteiger partial charge in [0.05, 0.1) is 31.5 Å². The van der Waals surface area contributed by atoms with E-state index in [4.69, 9.17) is 4.74 Å². The number of piperidine rings is 1. The summed E-state index contributed by atoms with van der Waals surface area (Å²) < 4.78 is 9.55. The molecule has 0 spiro atoms. The van der Waals surface area contributed by atoms with E-state index in [-0.39, 0.29) is 5.91 Å². The van der Waals surface area contributed by atoms with Crippen molar-refractivity contribution in [1.82, 2.24) is 24.2 Å². The number of rotatable bonds is 3. The summed E-state index contributed by atoms with van der Waals surface area (Å²) >= 11 is 0. The SMILES string of the molecule is CCc1nccn1C1CCCN(C(=O)c2cc3n(n2)CCOC3)C1. The predicted octanol–water partition coefficient (Wildman–Crippen LogP) is 1.65. The van der Waals surface area contributed by atoms with E-state index in [0.717, 1.165) is 50.4 Å². The smallest absolute Gasteiger partial charge is 0.274 e. The van der Waals surface area contributed by atoms with Crippen LogP contribution in [0, 0.1) is 0 Å². The Labute approximate surface area is 141 Å².